The quantitative estimate of drug-likeness (QED) is 0.276. The molecule has 0 saturated heterocycles. The lowest BCUT2D eigenvalue weighted by Gasteiger charge is -2.06. The summed E-state index contributed by atoms with van der Waals surface area (Å²) in [6.07, 6.45) is 8.97. The Kier molecular flexibility index (Phi) is 14.2. The SMILES string of the molecule is C=COCCOCCOC(=O)CCCCCCCC. The largest absolute Gasteiger partial charge is 0.499 e. The molecule has 0 saturated carbocycles. The maximum atomic E-state index is 11.4. The molecule has 112 valence electrons. The standard InChI is InChI=1S/C15H28O4/c1-3-5-6-7-8-9-10-15(16)19-14-13-18-12-11-17-4-2/h4H,2-3,5-14H2,1H3. The van der Waals surface area contributed by atoms with Crippen LogP contribution in [0.25, 0.3) is 0 Å². The van der Waals surface area contributed by atoms with Crippen LogP contribution in [0.1, 0.15) is 51.9 Å². The first-order valence-electron chi connectivity index (χ1n) is 7.27. The second-order valence-corrected chi connectivity index (χ2v) is 4.39. The second kappa shape index (κ2) is 15.0. The van der Waals surface area contributed by atoms with Crippen molar-refractivity contribution in [1.82, 2.24) is 0 Å². The van der Waals surface area contributed by atoms with Gasteiger partial charge in [0.25, 0.3) is 0 Å². The number of hydrogen-bond acceptors (Lipinski definition) is 4. The molecular weight excluding hydrogens is 244 g/mol. The Hall–Kier alpha value is -1.03. The number of hydrogen-bond donors (Lipinski definition) is 0. The normalized spacial score (nSPS) is 10.2. The average Bonchev–Trinajstić information content (AvgIpc) is 2.41. The van der Waals surface area contributed by atoms with Gasteiger partial charge in [0.15, 0.2) is 0 Å². The zero-order valence-corrected chi connectivity index (χ0v) is 12.2. The van der Waals surface area contributed by atoms with Crippen LogP contribution in [0.15, 0.2) is 12.8 Å². The zero-order chi connectivity index (χ0) is 14.2. The van der Waals surface area contributed by atoms with Gasteiger partial charge in [-0.05, 0) is 6.42 Å². The van der Waals surface area contributed by atoms with Gasteiger partial charge in [-0.2, -0.15) is 0 Å². The van der Waals surface area contributed by atoms with Crippen molar-refractivity contribution in [3.05, 3.63) is 12.8 Å². The molecule has 0 N–H and O–H groups in total. The van der Waals surface area contributed by atoms with E-state index < -0.39 is 0 Å². The minimum atomic E-state index is -0.124. The number of ether oxygens (including phenoxy) is 3. The molecule has 0 fully saturated rings. The number of esters is 1. The molecule has 0 radical (unpaired) electrons. The summed E-state index contributed by atoms with van der Waals surface area (Å²) >= 11 is 0. The first kappa shape index (κ1) is 18.0. The summed E-state index contributed by atoms with van der Waals surface area (Å²) in [5.74, 6) is -0.124. The van der Waals surface area contributed by atoms with Crippen LogP contribution in [-0.2, 0) is 19.0 Å². The summed E-state index contributed by atoms with van der Waals surface area (Å²) in [4.78, 5) is 11.4. The molecule has 4 heteroatoms. The fraction of sp³-hybridized carbons (Fsp3) is 0.800. The van der Waals surface area contributed by atoms with Crippen molar-refractivity contribution in [2.24, 2.45) is 0 Å². The molecule has 0 atom stereocenters. The van der Waals surface area contributed by atoms with Crippen LogP contribution in [0.5, 0.6) is 0 Å². The van der Waals surface area contributed by atoms with E-state index in [1.165, 1.54) is 31.9 Å². The Morgan fingerprint density at radius 2 is 1.68 bits per heavy atom. The number of carbonyl (C=O) groups excluding carboxylic acids is 1. The highest BCUT2D eigenvalue weighted by Crippen LogP contribution is 2.07. The third kappa shape index (κ3) is 14.9. The first-order valence-corrected chi connectivity index (χ1v) is 7.27. The van der Waals surface area contributed by atoms with Crippen LogP contribution in [0.4, 0.5) is 0 Å². The molecule has 0 bridgehead atoms. The number of carbonyl (C=O) groups is 1. The van der Waals surface area contributed by atoms with Gasteiger partial charge in [0.2, 0.25) is 0 Å². The minimum absolute atomic E-state index is 0.124. The van der Waals surface area contributed by atoms with Crippen LogP contribution in [-0.4, -0.2) is 32.4 Å². The Morgan fingerprint density at radius 3 is 2.42 bits per heavy atom. The summed E-state index contributed by atoms with van der Waals surface area (Å²) in [7, 11) is 0. The van der Waals surface area contributed by atoms with Gasteiger partial charge in [-0.15, -0.1) is 0 Å². The topological polar surface area (TPSA) is 44.8 Å². The highest BCUT2D eigenvalue weighted by Gasteiger charge is 2.02. The van der Waals surface area contributed by atoms with E-state index in [0.29, 0.717) is 32.8 Å². The van der Waals surface area contributed by atoms with Crippen LogP contribution >= 0.6 is 0 Å². The van der Waals surface area contributed by atoms with Crippen LogP contribution in [0.3, 0.4) is 0 Å². The molecule has 0 unspecified atom stereocenters. The Balaban J connectivity index is 3.14. The summed E-state index contributed by atoms with van der Waals surface area (Å²) in [6, 6.07) is 0. The van der Waals surface area contributed by atoms with Gasteiger partial charge in [0.05, 0.1) is 19.5 Å². The lowest BCUT2D eigenvalue weighted by Crippen LogP contribution is -2.12. The molecule has 0 aliphatic rings. The van der Waals surface area contributed by atoms with Crippen LogP contribution in [0.2, 0.25) is 0 Å². The predicted octanol–water partition coefficient (Wildman–Crippen LogP) is 3.46. The van der Waals surface area contributed by atoms with Gasteiger partial charge >= 0.3 is 5.97 Å². The Morgan fingerprint density at radius 1 is 1.00 bits per heavy atom. The number of rotatable bonds is 14. The molecular formula is C15H28O4. The van der Waals surface area contributed by atoms with Crippen molar-refractivity contribution in [2.75, 3.05) is 26.4 Å². The van der Waals surface area contributed by atoms with E-state index in [2.05, 4.69) is 13.5 Å². The molecule has 0 aromatic rings. The molecule has 0 aromatic heterocycles. The van der Waals surface area contributed by atoms with Gasteiger partial charge in [-0.25, -0.2) is 0 Å². The van der Waals surface area contributed by atoms with Crippen LogP contribution in [0, 0.1) is 0 Å². The lowest BCUT2D eigenvalue weighted by molar-refractivity contribution is -0.145. The molecule has 0 aliphatic heterocycles. The van der Waals surface area contributed by atoms with E-state index in [1.807, 2.05) is 0 Å². The van der Waals surface area contributed by atoms with Crippen molar-refractivity contribution in [1.29, 1.82) is 0 Å². The summed E-state index contributed by atoms with van der Waals surface area (Å²) in [6.45, 7) is 7.33. The fourth-order valence-electron chi connectivity index (χ4n) is 1.63. The van der Waals surface area contributed by atoms with E-state index in [1.54, 1.807) is 0 Å². The smallest absolute Gasteiger partial charge is 0.305 e. The Bertz CT molecular complexity index is 216. The highest BCUT2D eigenvalue weighted by atomic mass is 16.6. The molecule has 0 aromatic carbocycles. The van der Waals surface area contributed by atoms with Crippen molar-refractivity contribution in [3.8, 4) is 0 Å². The second-order valence-electron chi connectivity index (χ2n) is 4.39. The molecule has 0 aliphatic carbocycles. The van der Waals surface area contributed by atoms with Crippen molar-refractivity contribution in [3.63, 3.8) is 0 Å². The van der Waals surface area contributed by atoms with E-state index >= 15 is 0 Å². The summed E-state index contributed by atoms with van der Waals surface area (Å²) in [5, 5.41) is 0. The van der Waals surface area contributed by atoms with E-state index in [4.69, 9.17) is 14.2 Å². The van der Waals surface area contributed by atoms with Gasteiger partial charge in [0.1, 0.15) is 13.2 Å². The average molecular weight is 272 g/mol. The molecule has 0 amide bonds. The van der Waals surface area contributed by atoms with Gasteiger partial charge in [0, 0.05) is 6.42 Å². The van der Waals surface area contributed by atoms with Gasteiger partial charge in [-0.1, -0.05) is 45.6 Å². The van der Waals surface area contributed by atoms with Gasteiger partial charge < -0.3 is 14.2 Å². The van der Waals surface area contributed by atoms with E-state index in [9.17, 15) is 4.79 Å². The van der Waals surface area contributed by atoms with Crippen molar-refractivity contribution in [2.45, 2.75) is 51.9 Å². The van der Waals surface area contributed by atoms with E-state index in [0.717, 1.165) is 12.8 Å². The van der Waals surface area contributed by atoms with Gasteiger partial charge in [-0.3, -0.25) is 4.79 Å². The molecule has 0 rings (SSSR count). The van der Waals surface area contributed by atoms with Crippen LogP contribution < -0.4 is 0 Å². The molecule has 0 heterocycles. The monoisotopic (exact) mass is 272 g/mol. The lowest BCUT2D eigenvalue weighted by atomic mass is 10.1. The summed E-state index contributed by atoms with van der Waals surface area (Å²) in [5.41, 5.74) is 0. The molecule has 0 spiro atoms. The first-order chi connectivity index (χ1) is 9.31. The minimum Gasteiger partial charge on any atom is -0.499 e. The van der Waals surface area contributed by atoms with Crippen molar-refractivity contribution >= 4 is 5.97 Å². The van der Waals surface area contributed by atoms with E-state index in [-0.39, 0.29) is 5.97 Å². The highest BCUT2D eigenvalue weighted by molar-refractivity contribution is 5.69. The fourth-order valence-corrected chi connectivity index (χ4v) is 1.63. The molecule has 19 heavy (non-hydrogen) atoms. The third-order valence-corrected chi connectivity index (χ3v) is 2.69. The molecule has 4 nitrogen and oxygen atoms in total. The third-order valence-electron chi connectivity index (χ3n) is 2.69. The number of unbranched alkanes of at least 4 members (excludes halogenated alkanes) is 5. The summed E-state index contributed by atoms with van der Waals surface area (Å²) < 4.78 is 15.1. The van der Waals surface area contributed by atoms with Crippen molar-refractivity contribution < 1.29 is 19.0 Å². The Labute approximate surface area is 117 Å². The zero-order valence-electron chi connectivity index (χ0n) is 12.2. The maximum Gasteiger partial charge on any atom is 0.305 e. The predicted molar refractivity (Wildman–Crippen MR) is 75.9 cm³/mol. The maximum absolute atomic E-state index is 11.4.